The Labute approximate surface area is 111 Å². The molecule has 2 aromatic rings. The quantitative estimate of drug-likeness (QED) is 0.902. The van der Waals surface area contributed by atoms with Crippen LogP contribution < -0.4 is 10.6 Å². The first-order valence-electron chi connectivity index (χ1n) is 6.51. The molecule has 0 saturated carbocycles. The van der Waals surface area contributed by atoms with Gasteiger partial charge in [0, 0.05) is 30.4 Å². The minimum atomic E-state index is -0.286. The van der Waals surface area contributed by atoms with Gasteiger partial charge in [0.25, 0.3) is 0 Å². The lowest BCUT2D eigenvalue weighted by Gasteiger charge is -2.30. The van der Waals surface area contributed by atoms with E-state index in [0.29, 0.717) is 17.1 Å². The summed E-state index contributed by atoms with van der Waals surface area (Å²) >= 11 is 0. The van der Waals surface area contributed by atoms with Crippen LogP contribution in [0.1, 0.15) is 19.3 Å². The van der Waals surface area contributed by atoms with Gasteiger partial charge in [-0.05, 0) is 37.5 Å². The largest absolute Gasteiger partial charge is 0.381 e. The summed E-state index contributed by atoms with van der Waals surface area (Å²) < 4.78 is 18.7. The standard InChI is InChI=1S/C14H16FN3O/c15-10-4-5-12(18-6-2-1-3-7-18)11(8-10)13-9-14(16)17-19-13/h4-5,8-9H,1-3,6-7H2,(H2,16,17). The highest BCUT2D eigenvalue weighted by atomic mass is 19.1. The number of rotatable bonds is 2. The van der Waals surface area contributed by atoms with Gasteiger partial charge >= 0.3 is 0 Å². The van der Waals surface area contributed by atoms with Gasteiger partial charge < -0.3 is 15.2 Å². The normalized spacial score (nSPS) is 15.7. The van der Waals surface area contributed by atoms with Crippen LogP contribution in [-0.2, 0) is 0 Å². The predicted octanol–water partition coefficient (Wildman–Crippen LogP) is 3.05. The van der Waals surface area contributed by atoms with E-state index < -0.39 is 0 Å². The van der Waals surface area contributed by atoms with Gasteiger partial charge in [-0.25, -0.2) is 4.39 Å². The average Bonchev–Trinajstić information content (AvgIpc) is 2.86. The predicted molar refractivity (Wildman–Crippen MR) is 72.4 cm³/mol. The zero-order chi connectivity index (χ0) is 13.2. The molecule has 19 heavy (non-hydrogen) atoms. The SMILES string of the molecule is Nc1cc(-c2cc(F)ccc2N2CCCCC2)on1. The summed E-state index contributed by atoms with van der Waals surface area (Å²) in [5.74, 6) is 0.534. The Morgan fingerprint density at radius 1 is 1.16 bits per heavy atom. The van der Waals surface area contributed by atoms with Gasteiger partial charge in [0.2, 0.25) is 0 Å². The molecule has 0 amide bonds. The summed E-state index contributed by atoms with van der Waals surface area (Å²) in [5.41, 5.74) is 7.27. The zero-order valence-corrected chi connectivity index (χ0v) is 10.6. The molecule has 0 radical (unpaired) electrons. The minimum Gasteiger partial charge on any atom is -0.381 e. The molecule has 1 aromatic carbocycles. The highest BCUT2D eigenvalue weighted by Crippen LogP contribution is 2.33. The lowest BCUT2D eigenvalue weighted by molar-refractivity contribution is 0.435. The zero-order valence-electron chi connectivity index (χ0n) is 10.6. The molecular weight excluding hydrogens is 245 g/mol. The van der Waals surface area contributed by atoms with Gasteiger partial charge in [-0.3, -0.25) is 0 Å². The molecule has 2 N–H and O–H groups in total. The monoisotopic (exact) mass is 261 g/mol. The number of piperidine rings is 1. The van der Waals surface area contributed by atoms with Crippen LogP contribution in [-0.4, -0.2) is 18.2 Å². The third-order valence-electron chi connectivity index (χ3n) is 3.45. The fourth-order valence-electron chi connectivity index (χ4n) is 2.53. The van der Waals surface area contributed by atoms with Crippen LogP contribution in [0.3, 0.4) is 0 Å². The molecule has 1 aliphatic rings. The average molecular weight is 261 g/mol. The maximum atomic E-state index is 13.5. The highest BCUT2D eigenvalue weighted by Gasteiger charge is 2.18. The van der Waals surface area contributed by atoms with E-state index in [4.69, 9.17) is 10.3 Å². The maximum Gasteiger partial charge on any atom is 0.171 e. The number of nitrogen functional groups attached to an aromatic ring is 1. The third kappa shape index (κ3) is 2.41. The fourth-order valence-corrected chi connectivity index (χ4v) is 2.53. The van der Waals surface area contributed by atoms with Gasteiger partial charge in [0.1, 0.15) is 5.82 Å². The van der Waals surface area contributed by atoms with Crippen LogP contribution >= 0.6 is 0 Å². The van der Waals surface area contributed by atoms with Gasteiger partial charge in [0.05, 0.1) is 0 Å². The van der Waals surface area contributed by atoms with E-state index in [0.717, 1.165) is 31.6 Å². The number of benzene rings is 1. The van der Waals surface area contributed by atoms with Crippen LogP contribution in [0.15, 0.2) is 28.8 Å². The molecule has 0 unspecified atom stereocenters. The number of anilines is 2. The molecule has 5 heteroatoms. The lowest BCUT2D eigenvalue weighted by atomic mass is 10.1. The number of hydrogen-bond acceptors (Lipinski definition) is 4. The molecule has 2 heterocycles. The van der Waals surface area contributed by atoms with E-state index in [-0.39, 0.29) is 5.82 Å². The number of halogens is 1. The Hall–Kier alpha value is -2.04. The second kappa shape index (κ2) is 4.91. The van der Waals surface area contributed by atoms with Crippen molar-refractivity contribution < 1.29 is 8.91 Å². The Bertz CT molecular complexity index is 576. The Morgan fingerprint density at radius 3 is 2.63 bits per heavy atom. The molecular formula is C14H16FN3O. The van der Waals surface area contributed by atoms with Crippen molar-refractivity contribution in [3.63, 3.8) is 0 Å². The van der Waals surface area contributed by atoms with Crippen molar-refractivity contribution in [3.8, 4) is 11.3 Å². The number of nitrogens with zero attached hydrogens (tertiary/aromatic N) is 2. The van der Waals surface area contributed by atoms with Gasteiger partial charge in [-0.15, -0.1) is 0 Å². The molecule has 3 rings (SSSR count). The van der Waals surface area contributed by atoms with Gasteiger partial charge in [0.15, 0.2) is 11.6 Å². The van der Waals surface area contributed by atoms with Crippen LogP contribution in [0.2, 0.25) is 0 Å². The summed E-state index contributed by atoms with van der Waals surface area (Å²) in [4.78, 5) is 2.26. The minimum absolute atomic E-state index is 0.286. The maximum absolute atomic E-state index is 13.5. The van der Waals surface area contributed by atoms with E-state index in [9.17, 15) is 4.39 Å². The Balaban J connectivity index is 2.03. The first kappa shape index (κ1) is 12.0. The number of aromatic nitrogens is 1. The Morgan fingerprint density at radius 2 is 1.95 bits per heavy atom. The van der Waals surface area contributed by atoms with Crippen LogP contribution in [0.4, 0.5) is 15.9 Å². The summed E-state index contributed by atoms with van der Waals surface area (Å²) in [5, 5.41) is 3.67. The molecule has 0 bridgehead atoms. The third-order valence-corrected chi connectivity index (χ3v) is 3.45. The summed E-state index contributed by atoms with van der Waals surface area (Å²) in [7, 11) is 0. The fraction of sp³-hybridized carbons (Fsp3) is 0.357. The molecule has 1 fully saturated rings. The molecule has 0 aliphatic carbocycles. The summed E-state index contributed by atoms with van der Waals surface area (Å²) in [6.07, 6.45) is 3.58. The van der Waals surface area contributed by atoms with E-state index in [1.54, 1.807) is 12.1 Å². The van der Waals surface area contributed by atoms with Crippen LogP contribution in [0, 0.1) is 5.82 Å². The van der Waals surface area contributed by atoms with E-state index in [2.05, 4.69) is 10.1 Å². The topological polar surface area (TPSA) is 55.3 Å². The molecule has 4 nitrogen and oxygen atoms in total. The molecule has 100 valence electrons. The van der Waals surface area contributed by atoms with E-state index in [1.165, 1.54) is 18.6 Å². The summed E-state index contributed by atoms with van der Waals surface area (Å²) in [6, 6.07) is 6.38. The van der Waals surface area contributed by atoms with Crippen molar-refractivity contribution in [1.82, 2.24) is 5.16 Å². The lowest BCUT2D eigenvalue weighted by Crippen LogP contribution is -2.29. The second-order valence-electron chi connectivity index (χ2n) is 4.83. The van der Waals surface area contributed by atoms with Gasteiger partial charge in [-0.1, -0.05) is 5.16 Å². The molecule has 1 saturated heterocycles. The smallest absolute Gasteiger partial charge is 0.171 e. The molecule has 1 aliphatic heterocycles. The van der Waals surface area contributed by atoms with Crippen LogP contribution in [0.25, 0.3) is 11.3 Å². The summed E-state index contributed by atoms with van der Waals surface area (Å²) in [6.45, 7) is 1.98. The van der Waals surface area contributed by atoms with E-state index >= 15 is 0 Å². The van der Waals surface area contributed by atoms with Crippen molar-refractivity contribution in [2.75, 3.05) is 23.7 Å². The van der Waals surface area contributed by atoms with Crippen molar-refractivity contribution >= 4 is 11.5 Å². The van der Waals surface area contributed by atoms with Crippen LogP contribution in [0.5, 0.6) is 0 Å². The highest BCUT2D eigenvalue weighted by molar-refractivity contribution is 5.76. The van der Waals surface area contributed by atoms with E-state index in [1.807, 2.05) is 0 Å². The van der Waals surface area contributed by atoms with Crippen molar-refractivity contribution in [1.29, 1.82) is 0 Å². The number of nitrogens with two attached hydrogens (primary N) is 1. The Kier molecular flexibility index (Phi) is 3.11. The molecule has 1 aromatic heterocycles. The first-order chi connectivity index (χ1) is 9.24. The molecule has 0 spiro atoms. The van der Waals surface area contributed by atoms with Crippen molar-refractivity contribution in [2.24, 2.45) is 0 Å². The van der Waals surface area contributed by atoms with Gasteiger partial charge in [-0.2, -0.15) is 0 Å². The molecule has 0 atom stereocenters. The second-order valence-corrected chi connectivity index (χ2v) is 4.83. The van der Waals surface area contributed by atoms with Crippen molar-refractivity contribution in [2.45, 2.75) is 19.3 Å². The van der Waals surface area contributed by atoms with Crippen molar-refractivity contribution in [3.05, 3.63) is 30.1 Å². The first-order valence-corrected chi connectivity index (χ1v) is 6.51. The number of hydrogen-bond donors (Lipinski definition) is 1.